The maximum Gasteiger partial charge on any atom is 0.131 e. The summed E-state index contributed by atoms with van der Waals surface area (Å²) in [6, 6.07) is 6.50. The van der Waals surface area contributed by atoms with E-state index in [1.54, 1.807) is 0 Å². The number of benzene rings is 1. The largest absolute Gasteiger partial charge is 0.491 e. The summed E-state index contributed by atoms with van der Waals surface area (Å²) in [5.41, 5.74) is 4.08. The molecule has 0 atom stereocenters. The first-order valence-corrected chi connectivity index (χ1v) is 6.10. The number of nitrogens with one attached hydrogen (secondary N) is 1. The van der Waals surface area contributed by atoms with Gasteiger partial charge < -0.3 is 10.1 Å². The highest BCUT2D eigenvalue weighted by Crippen LogP contribution is 2.36. The van der Waals surface area contributed by atoms with Crippen LogP contribution in [-0.2, 0) is 6.54 Å². The van der Waals surface area contributed by atoms with Gasteiger partial charge in [0.15, 0.2) is 0 Å². The fourth-order valence-electron chi connectivity index (χ4n) is 2.51. The number of hydrogen-bond acceptors (Lipinski definition) is 2. The van der Waals surface area contributed by atoms with Crippen LogP contribution in [-0.4, -0.2) is 13.2 Å². The number of hydrogen-bond donors (Lipinski definition) is 1. The van der Waals surface area contributed by atoms with Crippen LogP contribution in [0.3, 0.4) is 0 Å². The molecule has 1 N–H and O–H groups in total. The van der Waals surface area contributed by atoms with Crippen LogP contribution >= 0.6 is 12.4 Å². The van der Waals surface area contributed by atoms with Gasteiger partial charge in [0.2, 0.25) is 0 Å². The van der Waals surface area contributed by atoms with Crippen molar-refractivity contribution in [3.8, 4) is 5.75 Å². The maximum atomic E-state index is 5.89. The molecular formula is C14H18ClNO. The fraction of sp³-hybridized carbons (Fsp3) is 0.429. The Morgan fingerprint density at radius 3 is 3.00 bits per heavy atom. The number of halogens is 1. The van der Waals surface area contributed by atoms with Gasteiger partial charge in [-0.25, -0.2) is 0 Å². The van der Waals surface area contributed by atoms with Crippen LogP contribution in [0.15, 0.2) is 24.3 Å². The van der Waals surface area contributed by atoms with Crippen molar-refractivity contribution in [3.63, 3.8) is 0 Å². The van der Waals surface area contributed by atoms with Crippen LogP contribution in [0.4, 0.5) is 0 Å². The molecule has 92 valence electrons. The third kappa shape index (κ3) is 2.48. The molecule has 0 amide bonds. The lowest BCUT2D eigenvalue weighted by atomic mass is 10.0. The lowest BCUT2D eigenvalue weighted by Crippen LogP contribution is -2.16. The quantitative estimate of drug-likeness (QED) is 0.828. The minimum absolute atomic E-state index is 0. The molecule has 1 heterocycles. The van der Waals surface area contributed by atoms with Crippen molar-refractivity contribution in [2.24, 2.45) is 0 Å². The van der Waals surface area contributed by atoms with Crippen molar-refractivity contribution in [2.75, 3.05) is 13.2 Å². The van der Waals surface area contributed by atoms with E-state index >= 15 is 0 Å². The van der Waals surface area contributed by atoms with Crippen LogP contribution in [0, 0.1) is 0 Å². The summed E-state index contributed by atoms with van der Waals surface area (Å²) in [6.07, 6.45) is 6.07. The van der Waals surface area contributed by atoms with Gasteiger partial charge in [-0.05, 0) is 24.8 Å². The summed E-state index contributed by atoms with van der Waals surface area (Å²) in [7, 11) is 0. The number of rotatable bonds is 1. The van der Waals surface area contributed by atoms with Crippen molar-refractivity contribution < 1.29 is 4.74 Å². The van der Waals surface area contributed by atoms with Gasteiger partial charge in [0.1, 0.15) is 12.4 Å². The van der Waals surface area contributed by atoms with Crippen molar-refractivity contribution in [3.05, 3.63) is 35.4 Å². The van der Waals surface area contributed by atoms with Crippen molar-refractivity contribution in [1.82, 2.24) is 5.32 Å². The zero-order valence-corrected chi connectivity index (χ0v) is 10.7. The molecule has 0 fully saturated rings. The second-order valence-corrected chi connectivity index (χ2v) is 4.44. The highest BCUT2D eigenvalue weighted by Gasteiger charge is 2.16. The Morgan fingerprint density at radius 1 is 1.24 bits per heavy atom. The summed E-state index contributed by atoms with van der Waals surface area (Å²) in [5.74, 6) is 1.11. The molecule has 1 aromatic carbocycles. The number of para-hydroxylation sites is 1. The smallest absolute Gasteiger partial charge is 0.131 e. The molecule has 17 heavy (non-hydrogen) atoms. The van der Waals surface area contributed by atoms with Crippen LogP contribution in [0.5, 0.6) is 5.75 Å². The zero-order chi connectivity index (χ0) is 10.8. The molecule has 3 heteroatoms. The highest BCUT2D eigenvalue weighted by atomic mass is 35.5. The molecule has 0 aromatic heterocycles. The van der Waals surface area contributed by atoms with Gasteiger partial charge in [-0.2, -0.15) is 0 Å². The van der Waals surface area contributed by atoms with Gasteiger partial charge in [0.05, 0.1) is 0 Å². The number of allylic oxidation sites excluding steroid dienone is 2. The molecule has 1 aliphatic carbocycles. The van der Waals surface area contributed by atoms with E-state index in [1.165, 1.54) is 36.0 Å². The topological polar surface area (TPSA) is 21.3 Å². The Hall–Kier alpha value is -0.990. The zero-order valence-electron chi connectivity index (χ0n) is 9.87. The van der Waals surface area contributed by atoms with Gasteiger partial charge in [-0.1, -0.05) is 24.3 Å². The minimum atomic E-state index is 0. The predicted molar refractivity (Wildman–Crippen MR) is 72.7 cm³/mol. The molecular weight excluding hydrogens is 234 g/mol. The summed E-state index contributed by atoms with van der Waals surface area (Å²) in [5, 5.41) is 3.38. The molecule has 2 aliphatic rings. The average Bonchev–Trinajstić information content (AvgIpc) is 2.73. The third-order valence-electron chi connectivity index (χ3n) is 3.32. The van der Waals surface area contributed by atoms with E-state index in [0.29, 0.717) is 0 Å². The Kier molecular flexibility index (Phi) is 4.08. The Balaban J connectivity index is 0.00000108. The van der Waals surface area contributed by atoms with E-state index in [1.807, 2.05) is 0 Å². The van der Waals surface area contributed by atoms with Gasteiger partial charge in [0.25, 0.3) is 0 Å². The molecule has 1 aliphatic heterocycles. The van der Waals surface area contributed by atoms with Crippen LogP contribution in [0.2, 0.25) is 0 Å². The van der Waals surface area contributed by atoms with Gasteiger partial charge in [-0.3, -0.25) is 0 Å². The van der Waals surface area contributed by atoms with Gasteiger partial charge in [-0.15, -0.1) is 12.4 Å². The average molecular weight is 252 g/mol. The first-order chi connectivity index (χ1) is 7.95. The molecule has 0 saturated heterocycles. The van der Waals surface area contributed by atoms with Crippen LogP contribution in [0.25, 0.3) is 5.57 Å². The van der Waals surface area contributed by atoms with E-state index in [9.17, 15) is 0 Å². The van der Waals surface area contributed by atoms with Crippen LogP contribution < -0.4 is 10.1 Å². The minimum Gasteiger partial charge on any atom is -0.491 e. The molecule has 2 nitrogen and oxygen atoms in total. The normalized spacial score (nSPS) is 18.5. The van der Waals surface area contributed by atoms with Gasteiger partial charge in [0, 0.05) is 24.2 Å². The maximum absolute atomic E-state index is 5.89. The highest BCUT2D eigenvalue weighted by molar-refractivity contribution is 5.85. The fourth-order valence-corrected chi connectivity index (χ4v) is 2.51. The Labute approximate surface area is 108 Å². The molecule has 1 aromatic rings. The summed E-state index contributed by atoms with van der Waals surface area (Å²) >= 11 is 0. The summed E-state index contributed by atoms with van der Waals surface area (Å²) in [6.45, 7) is 2.64. The Morgan fingerprint density at radius 2 is 2.18 bits per heavy atom. The lowest BCUT2D eigenvalue weighted by Gasteiger charge is -2.13. The number of ether oxygens (including phenoxy) is 1. The summed E-state index contributed by atoms with van der Waals surface area (Å²) < 4.78 is 5.89. The second kappa shape index (κ2) is 5.56. The van der Waals surface area contributed by atoms with Gasteiger partial charge >= 0.3 is 0 Å². The molecule has 0 unspecified atom stereocenters. The van der Waals surface area contributed by atoms with E-state index in [-0.39, 0.29) is 12.4 Å². The van der Waals surface area contributed by atoms with Crippen LogP contribution in [0.1, 0.15) is 30.4 Å². The second-order valence-electron chi connectivity index (χ2n) is 4.44. The molecule has 0 bridgehead atoms. The van der Waals surface area contributed by atoms with Crippen molar-refractivity contribution >= 4 is 18.0 Å². The molecule has 0 radical (unpaired) electrons. The standard InChI is InChI=1S/C14H17NO.ClH/c1-2-5-11(4-1)13-7-3-6-12-10-15-8-9-16-14(12)13;/h3-4,6-7,15H,1-2,5,8-10H2;1H. The monoisotopic (exact) mass is 251 g/mol. The number of fused-ring (bicyclic) bond motifs is 1. The first-order valence-electron chi connectivity index (χ1n) is 6.10. The summed E-state index contributed by atoms with van der Waals surface area (Å²) in [4.78, 5) is 0. The lowest BCUT2D eigenvalue weighted by molar-refractivity contribution is 0.325. The molecule has 0 spiro atoms. The Bertz CT molecular complexity index is 428. The third-order valence-corrected chi connectivity index (χ3v) is 3.32. The van der Waals surface area contributed by atoms with E-state index < -0.39 is 0 Å². The van der Waals surface area contributed by atoms with E-state index in [4.69, 9.17) is 4.74 Å². The first kappa shape index (κ1) is 12.5. The predicted octanol–water partition coefficient (Wildman–Crippen LogP) is 3.16. The van der Waals surface area contributed by atoms with E-state index in [0.717, 1.165) is 25.4 Å². The van der Waals surface area contributed by atoms with Crippen molar-refractivity contribution in [1.29, 1.82) is 0 Å². The van der Waals surface area contributed by atoms with Crippen molar-refractivity contribution in [2.45, 2.75) is 25.8 Å². The SMILES string of the molecule is C1=C(c2cccc3c2OCCNC3)CCC1.Cl. The molecule has 3 rings (SSSR count). The molecule has 0 saturated carbocycles. The van der Waals surface area contributed by atoms with E-state index in [2.05, 4.69) is 29.6 Å².